The molecule has 1 amide bonds. The molecule has 0 radical (unpaired) electrons. The van der Waals surface area contributed by atoms with Gasteiger partial charge in [0.15, 0.2) is 11.5 Å². The molecule has 4 rings (SSSR count). The second-order valence-corrected chi connectivity index (χ2v) is 10.5. The first-order valence-corrected chi connectivity index (χ1v) is 12.8. The molecule has 2 N–H and O–H groups in total. The van der Waals surface area contributed by atoms with Crippen molar-refractivity contribution in [3.63, 3.8) is 0 Å². The minimum atomic E-state index is -0.690. The molecule has 2 aromatic carbocycles. The van der Waals surface area contributed by atoms with Crippen LogP contribution in [0, 0.1) is 28.5 Å². The Labute approximate surface area is 232 Å². The van der Waals surface area contributed by atoms with Crippen molar-refractivity contribution in [2.75, 3.05) is 25.1 Å². The number of carbonyl (C=O) groups excluding carboxylic acids is 1. The zero-order chi connectivity index (χ0) is 29.0. The monoisotopic (exact) mass is 543 g/mol. The van der Waals surface area contributed by atoms with Crippen LogP contribution in [0.3, 0.4) is 0 Å². The van der Waals surface area contributed by atoms with Gasteiger partial charge in [-0.1, -0.05) is 12.1 Å². The number of alkyl carbamates (subject to hydrolysis) is 1. The van der Waals surface area contributed by atoms with Crippen molar-refractivity contribution in [1.29, 1.82) is 10.5 Å². The molecule has 1 fully saturated rings. The summed E-state index contributed by atoms with van der Waals surface area (Å²) in [5, 5.41) is 32.5. The van der Waals surface area contributed by atoms with Gasteiger partial charge in [0.25, 0.3) is 0 Å². The predicted octanol–water partition coefficient (Wildman–Crippen LogP) is 5.51. The van der Waals surface area contributed by atoms with E-state index >= 15 is 0 Å². The molecule has 0 unspecified atom stereocenters. The number of amides is 1. The number of phenolic OH excluding ortho intramolecular Hbond substituents is 1. The van der Waals surface area contributed by atoms with Crippen LogP contribution in [0.5, 0.6) is 11.5 Å². The number of piperidine rings is 1. The van der Waals surface area contributed by atoms with Gasteiger partial charge in [0, 0.05) is 30.3 Å². The SMILES string of the molecule is COc1ccc(-c2cc(C#N)c(N3CCC(NC(=O)OC(C)(C)C)CC3)nc2-c2ccc(C#N)c(F)c2)cc1O. The predicted molar refractivity (Wildman–Crippen MR) is 147 cm³/mol. The van der Waals surface area contributed by atoms with E-state index in [9.17, 15) is 24.8 Å². The van der Waals surface area contributed by atoms with Gasteiger partial charge in [-0.15, -0.1) is 0 Å². The van der Waals surface area contributed by atoms with Crippen LogP contribution >= 0.6 is 0 Å². The Morgan fingerprint density at radius 1 is 1.07 bits per heavy atom. The van der Waals surface area contributed by atoms with E-state index in [-0.39, 0.29) is 23.1 Å². The van der Waals surface area contributed by atoms with Crippen molar-refractivity contribution in [2.24, 2.45) is 0 Å². The maximum absolute atomic E-state index is 14.7. The van der Waals surface area contributed by atoms with E-state index in [1.165, 1.54) is 25.3 Å². The van der Waals surface area contributed by atoms with E-state index in [2.05, 4.69) is 11.4 Å². The summed E-state index contributed by atoms with van der Waals surface area (Å²) in [6, 6.07) is 14.6. The molecule has 1 saturated heterocycles. The van der Waals surface area contributed by atoms with Crippen molar-refractivity contribution in [3.8, 4) is 46.0 Å². The number of aromatic hydroxyl groups is 1. The molecule has 0 spiro atoms. The largest absolute Gasteiger partial charge is 0.504 e. The lowest BCUT2D eigenvalue weighted by atomic mass is 9.96. The number of methoxy groups -OCH3 is 1. The van der Waals surface area contributed by atoms with Crippen molar-refractivity contribution < 1.29 is 23.8 Å². The number of halogens is 1. The number of hydrogen-bond acceptors (Lipinski definition) is 8. The van der Waals surface area contributed by atoms with Crippen LogP contribution in [-0.2, 0) is 4.74 Å². The van der Waals surface area contributed by atoms with Gasteiger partial charge in [-0.2, -0.15) is 10.5 Å². The van der Waals surface area contributed by atoms with Crippen molar-refractivity contribution in [3.05, 3.63) is 59.4 Å². The molecule has 3 aromatic rings. The summed E-state index contributed by atoms with van der Waals surface area (Å²) in [4.78, 5) is 19.0. The fourth-order valence-corrected chi connectivity index (χ4v) is 4.59. The third-order valence-corrected chi connectivity index (χ3v) is 6.49. The van der Waals surface area contributed by atoms with Gasteiger partial charge in [0.2, 0.25) is 0 Å². The maximum Gasteiger partial charge on any atom is 0.407 e. The topological polar surface area (TPSA) is 132 Å². The summed E-state index contributed by atoms with van der Waals surface area (Å²) in [7, 11) is 1.44. The lowest BCUT2D eigenvalue weighted by Crippen LogP contribution is -2.46. The average Bonchev–Trinajstić information content (AvgIpc) is 2.91. The third-order valence-electron chi connectivity index (χ3n) is 6.49. The average molecular weight is 544 g/mol. The summed E-state index contributed by atoms with van der Waals surface area (Å²) in [5.41, 5.74) is 1.46. The van der Waals surface area contributed by atoms with Crippen LogP contribution in [-0.4, -0.2) is 48.0 Å². The second-order valence-electron chi connectivity index (χ2n) is 10.5. The highest BCUT2D eigenvalue weighted by atomic mass is 19.1. The zero-order valence-electron chi connectivity index (χ0n) is 22.8. The Morgan fingerprint density at radius 2 is 1.75 bits per heavy atom. The molecule has 9 nitrogen and oxygen atoms in total. The van der Waals surface area contributed by atoms with Crippen LogP contribution in [0.25, 0.3) is 22.4 Å². The number of nitrogens with zero attached hydrogens (tertiary/aromatic N) is 4. The van der Waals surface area contributed by atoms with E-state index in [1.807, 2.05) is 11.0 Å². The van der Waals surface area contributed by atoms with E-state index in [0.29, 0.717) is 59.7 Å². The van der Waals surface area contributed by atoms with Gasteiger partial charge in [-0.25, -0.2) is 14.2 Å². The first-order chi connectivity index (χ1) is 19.0. The standard InChI is InChI=1S/C30H30FN5O4/c1-30(2,3)40-29(38)34-22-9-11-36(12-10-22)28-21(17-33)13-23(18-7-8-26(39-4)25(37)15-18)27(35-28)19-5-6-20(16-32)24(31)14-19/h5-8,13-15,22,37H,9-12H2,1-4H3,(H,34,38). The smallest absolute Gasteiger partial charge is 0.407 e. The summed E-state index contributed by atoms with van der Waals surface area (Å²) in [6.07, 6.45) is 0.751. The quantitative estimate of drug-likeness (QED) is 0.431. The first-order valence-electron chi connectivity index (χ1n) is 12.8. The fourth-order valence-electron chi connectivity index (χ4n) is 4.59. The molecular weight excluding hydrogens is 513 g/mol. The van der Waals surface area contributed by atoms with Gasteiger partial charge in [-0.3, -0.25) is 0 Å². The highest BCUT2D eigenvalue weighted by Crippen LogP contribution is 2.39. The number of hydrogen-bond donors (Lipinski definition) is 2. The van der Waals surface area contributed by atoms with Gasteiger partial charge >= 0.3 is 6.09 Å². The number of nitrogens with one attached hydrogen (secondary N) is 1. The minimum absolute atomic E-state index is 0.0923. The molecule has 0 aliphatic carbocycles. The van der Waals surface area contributed by atoms with E-state index in [0.717, 1.165) is 0 Å². The van der Waals surface area contributed by atoms with Crippen LogP contribution in [0.1, 0.15) is 44.7 Å². The number of rotatable bonds is 5. The number of phenols is 1. The first kappa shape index (κ1) is 28.2. The molecule has 0 saturated carbocycles. The Balaban J connectivity index is 1.72. The van der Waals surface area contributed by atoms with Crippen LogP contribution < -0.4 is 15.0 Å². The molecule has 1 aliphatic heterocycles. The third kappa shape index (κ3) is 6.24. The molecular formula is C30H30FN5O4. The Hall–Kier alpha value is -4.83. The molecule has 206 valence electrons. The number of nitriles is 2. The summed E-state index contributed by atoms with van der Waals surface area (Å²) >= 11 is 0. The minimum Gasteiger partial charge on any atom is -0.504 e. The van der Waals surface area contributed by atoms with Crippen LogP contribution in [0.15, 0.2) is 42.5 Å². The summed E-state index contributed by atoms with van der Waals surface area (Å²) in [5.74, 6) is -0.0773. The lowest BCUT2D eigenvalue weighted by molar-refractivity contribution is 0.0497. The fraction of sp³-hybridized carbons (Fsp3) is 0.333. The van der Waals surface area contributed by atoms with Crippen molar-refractivity contribution in [2.45, 2.75) is 45.3 Å². The Bertz CT molecular complexity index is 1510. The Morgan fingerprint density at radius 3 is 2.33 bits per heavy atom. The van der Waals surface area contributed by atoms with Gasteiger partial charge in [0.05, 0.1) is 23.9 Å². The van der Waals surface area contributed by atoms with Crippen LogP contribution in [0.4, 0.5) is 15.0 Å². The molecule has 40 heavy (non-hydrogen) atoms. The van der Waals surface area contributed by atoms with Gasteiger partial charge in [-0.05, 0) is 69.5 Å². The second kappa shape index (κ2) is 11.5. The number of pyridine rings is 1. The number of carbonyl (C=O) groups is 1. The zero-order valence-corrected chi connectivity index (χ0v) is 22.8. The van der Waals surface area contributed by atoms with Crippen molar-refractivity contribution in [1.82, 2.24) is 10.3 Å². The van der Waals surface area contributed by atoms with Crippen molar-refractivity contribution >= 4 is 11.9 Å². The Kier molecular flexibility index (Phi) is 8.11. The molecule has 10 heteroatoms. The van der Waals surface area contributed by atoms with E-state index in [1.54, 1.807) is 45.0 Å². The highest BCUT2D eigenvalue weighted by Gasteiger charge is 2.27. The normalized spacial score (nSPS) is 13.7. The number of aromatic nitrogens is 1. The molecule has 0 atom stereocenters. The number of ether oxygens (including phenoxy) is 2. The van der Waals surface area contributed by atoms with Gasteiger partial charge in [0.1, 0.15) is 29.4 Å². The molecule has 1 aliphatic rings. The number of anilines is 1. The van der Waals surface area contributed by atoms with Crippen LogP contribution in [0.2, 0.25) is 0 Å². The molecule has 2 heterocycles. The molecule has 0 bridgehead atoms. The summed E-state index contributed by atoms with van der Waals surface area (Å²) < 4.78 is 25.2. The molecule has 1 aromatic heterocycles. The number of benzene rings is 2. The maximum atomic E-state index is 14.7. The van der Waals surface area contributed by atoms with E-state index < -0.39 is 17.5 Å². The summed E-state index contributed by atoms with van der Waals surface area (Å²) in [6.45, 7) is 6.45. The van der Waals surface area contributed by atoms with Gasteiger partial charge < -0.3 is 24.8 Å². The highest BCUT2D eigenvalue weighted by molar-refractivity contribution is 5.85. The van der Waals surface area contributed by atoms with E-state index in [4.69, 9.17) is 14.5 Å². The lowest BCUT2D eigenvalue weighted by Gasteiger charge is -2.34.